The van der Waals surface area contributed by atoms with E-state index in [2.05, 4.69) is 5.32 Å². The number of sulfonamides is 1. The minimum absolute atomic E-state index is 0.0541. The second kappa shape index (κ2) is 11.9. The number of aliphatic carboxylic acids is 1. The summed E-state index contributed by atoms with van der Waals surface area (Å²) in [5.74, 6) is -1.38. The quantitative estimate of drug-likeness (QED) is 0.477. The number of rotatable bonds is 10. The summed E-state index contributed by atoms with van der Waals surface area (Å²) in [5.41, 5.74) is 0.321. The maximum atomic E-state index is 13.1. The molecular weight excluding hydrogens is 490 g/mol. The molecule has 11 nitrogen and oxygen atoms in total. The maximum absolute atomic E-state index is 13.1. The number of hydrogen-bond donors (Lipinski definition) is 2. The molecule has 0 saturated carbocycles. The lowest BCUT2D eigenvalue weighted by atomic mass is 10.1. The number of piperazine rings is 1. The van der Waals surface area contributed by atoms with Gasteiger partial charge in [-0.1, -0.05) is 18.2 Å². The molecular formula is C24H29N3O8S. The van der Waals surface area contributed by atoms with Gasteiger partial charge in [-0.3, -0.25) is 9.59 Å². The molecule has 1 aliphatic heterocycles. The fourth-order valence-electron chi connectivity index (χ4n) is 3.82. The zero-order valence-electron chi connectivity index (χ0n) is 20.0. The van der Waals surface area contributed by atoms with Gasteiger partial charge >= 0.3 is 5.97 Å². The third kappa shape index (κ3) is 6.32. The van der Waals surface area contributed by atoms with Crippen LogP contribution in [-0.2, 0) is 19.6 Å². The van der Waals surface area contributed by atoms with Gasteiger partial charge in [-0.15, -0.1) is 0 Å². The third-order valence-corrected chi connectivity index (χ3v) is 7.77. The Morgan fingerprint density at radius 2 is 1.61 bits per heavy atom. The normalized spacial score (nSPS) is 15.1. The summed E-state index contributed by atoms with van der Waals surface area (Å²) in [7, 11) is -0.937. The largest absolute Gasteiger partial charge is 0.493 e. The molecule has 1 aliphatic rings. The van der Waals surface area contributed by atoms with Gasteiger partial charge in [-0.2, -0.15) is 4.31 Å². The topological polar surface area (TPSA) is 143 Å². The zero-order valence-corrected chi connectivity index (χ0v) is 20.9. The van der Waals surface area contributed by atoms with Crippen molar-refractivity contribution in [3.05, 3.63) is 54.1 Å². The molecule has 1 atom stereocenters. The van der Waals surface area contributed by atoms with Gasteiger partial charge in [0.25, 0.3) is 5.91 Å². The molecule has 0 aliphatic carbocycles. The molecule has 194 valence electrons. The molecule has 3 rings (SSSR count). The van der Waals surface area contributed by atoms with Crippen molar-refractivity contribution in [2.24, 2.45) is 0 Å². The van der Waals surface area contributed by atoms with E-state index < -0.39 is 27.9 Å². The average Bonchev–Trinajstić information content (AvgIpc) is 2.90. The Balaban J connectivity index is 1.55. The second-order valence-corrected chi connectivity index (χ2v) is 10.0. The van der Waals surface area contributed by atoms with E-state index in [1.54, 1.807) is 30.3 Å². The number of methoxy groups -OCH3 is 2. The molecule has 0 unspecified atom stereocenters. The summed E-state index contributed by atoms with van der Waals surface area (Å²) in [5, 5.41) is 11.9. The standard InChI is InChI=1S/C24H29N3O8S/c1-34-20-10-8-18(16-21(20)35-2)36(32,33)27-14-12-26(13-15-27)22(28)11-9-19(24(30)31)25-23(29)17-6-4-3-5-7-17/h3-8,10,16,19H,9,11-15H2,1-2H3,(H,25,29)(H,30,31)/t19-/m0/s1. The Hall–Kier alpha value is -3.64. The lowest BCUT2D eigenvalue weighted by Crippen LogP contribution is -2.50. The number of carboxylic acid groups (broad SMARTS) is 1. The van der Waals surface area contributed by atoms with Crippen molar-refractivity contribution in [3.63, 3.8) is 0 Å². The molecule has 2 amide bonds. The Morgan fingerprint density at radius 3 is 2.19 bits per heavy atom. The summed E-state index contributed by atoms with van der Waals surface area (Å²) >= 11 is 0. The number of amides is 2. The average molecular weight is 520 g/mol. The number of hydrogen-bond acceptors (Lipinski definition) is 7. The van der Waals surface area contributed by atoms with Gasteiger partial charge < -0.3 is 24.8 Å². The van der Waals surface area contributed by atoms with E-state index in [0.29, 0.717) is 17.1 Å². The van der Waals surface area contributed by atoms with Gasteiger partial charge in [-0.25, -0.2) is 13.2 Å². The maximum Gasteiger partial charge on any atom is 0.326 e. The molecule has 0 bridgehead atoms. The van der Waals surface area contributed by atoms with Gasteiger partial charge in [0, 0.05) is 44.2 Å². The van der Waals surface area contributed by atoms with Crippen LogP contribution in [0.2, 0.25) is 0 Å². The monoisotopic (exact) mass is 519 g/mol. The number of carbonyl (C=O) groups is 3. The Kier molecular flexibility index (Phi) is 8.88. The van der Waals surface area contributed by atoms with E-state index in [4.69, 9.17) is 9.47 Å². The van der Waals surface area contributed by atoms with Crippen molar-refractivity contribution in [1.29, 1.82) is 0 Å². The van der Waals surface area contributed by atoms with E-state index >= 15 is 0 Å². The van der Waals surface area contributed by atoms with Crippen LogP contribution in [-0.4, -0.2) is 87.0 Å². The highest BCUT2D eigenvalue weighted by Crippen LogP contribution is 2.31. The molecule has 2 N–H and O–H groups in total. The Morgan fingerprint density at radius 1 is 0.972 bits per heavy atom. The molecule has 2 aromatic rings. The summed E-state index contributed by atoms with van der Waals surface area (Å²) in [6.45, 7) is 0.518. The first-order valence-corrected chi connectivity index (χ1v) is 12.7. The van der Waals surface area contributed by atoms with E-state index in [9.17, 15) is 27.9 Å². The number of benzene rings is 2. The molecule has 12 heteroatoms. The second-order valence-electron chi connectivity index (χ2n) is 8.07. The van der Waals surface area contributed by atoms with Crippen molar-refractivity contribution in [3.8, 4) is 11.5 Å². The molecule has 36 heavy (non-hydrogen) atoms. The fourth-order valence-corrected chi connectivity index (χ4v) is 5.26. The summed E-state index contributed by atoms with van der Waals surface area (Å²) in [6, 6.07) is 11.3. The first-order chi connectivity index (χ1) is 17.2. The van der Waals surface area contributed by atoms with E-state index in [1.807, 2.05) is 0 Å². The van der Waals surface area contributed by atoms with Crippen molar-refractivity contribution in [1.82, 2.24) is 14.5 Å². The molecule has 1 heterocycles. The highest BCUT2D eigenvalue weighted by Gasteiger charge is 2.31. The number of ether oxygens (including phenoxy) is 2. The van der Waals surface area contributed by atoms with Crippen LogP contribution in [0.1, 0.15) is 23.2 Å². The molecule has 2 aromatic carbocycles. The van der Waals surface area contributed by atoms with Gasteiger partial charge in [0.15, 0.2) is 11.5 Å². The van der Waals surface area contributed by atoms with Crippen LogP contribution in [0.3, 0.4) is 0 Å². The fraction of sp³-hybridized carbons (Fsp3) is 0.375. The molecule has 0 spiro atoms. The van der Waals surface area contributed by atoms with Crippen molar-refractivity contribution in [2.45, 2.75) is 23.8 Å². The molecule has 1 fully saturated rings. The van der Waals surface area contributed by atoms with Crippen LogP contribution in [0.25, 0.3) is 0 Å². The van der Waals surface area contributed by atoms with Crippen LogP contribution in [0.4, 0.5) is 0 Å². The van der Waals surface area contributed by atoms with Gasteiger partial charge in [-0.05, 0) is 30.7 Å². The van der Waals surface area contributed by atoms with Gasteiger partial charge in [0.2, 0.25) is 15.9 Å². The number of carbonyl (C=O) groups excluding carboxylic acids is 2. The summed E-state index contributed by atoms with van der Waals surface area (Å²) in [6.07, 6.45) is -0.189. The molecule has 0 aromatic heterocycles. The summed E-state index contributed by atoms with van der Waals surface area (Å²) < 4.78 is 37.8. The lowest BCUT2D eigenvalue weighted by molar-refractivity contribution is -0.139. The van der Waals surface area contributed by atoms with E-state index in [-0.39, 0.29) is 49.8 Å². The van der Waals surface area contributed by atoms with Crippen molar-refractivity contribution < 1.29 is 37.4 Å². The number of carboxylic acids is 1. The predicted octanol–water partition coefficient (Wildman–Crippen LogP) is 1.20. The minimum atomic E-state index is -3.81. The van der Waals surface area contributed by atoms with E-state index in [0.717, 1.165) is 0 Å². The SMILES string of the molecule is COc1ccc(S(=O)(=O)N2CCN(C(=O)CC[C@H](NC(=O)c3ccccc3)C(=O)O)CC2)cc1OC. The van der Waals surface area contributed by atoms with E-state index in [1.165, 1.54) is 41.6 Å². The Labute approximate surface area is 209 Å². The highest BCUT2D eigenvalue weighted by molar-refractivity contribution is 7.89. The van der Waals surface area contributed by atoms with Gasteiger partial charge in [0.1, 0.15) is 6.04 Å². The van der Waals surface area contributed by atoms with Gasteiger partial charge in [0.05, 0.1) is 19.1 Å². The van der Waals surface area contributed by atoms with Crippen molar-refractivity contribution >= 4 is 27.8 Å². The van der Waals surface area contributed by atoms with Crippen LogP contribution in [0, 0.1) is 0 Å². The first kappa shape index (κ1) is 27.0. The van der Waals surface area contributed by atoms with Crippen molar-refractivity contribution in [2.75, 3.05) is 40.4 Å². The molecule has 1 saturated heterocycles. The molecule has 0 radical (unpaired) electrons. The number of nitrogens with zero attached hydrogens (tertiary/aromatic N) is 2. The lowest BCUT2D eigenvalue weighted by Gasteiger charge is -2.34. The summed E-state index contributed by atoms with van der Waals surface area (Å²) in [4.78, 5) is 38.1. The van der Waals surface area contributed by atoms with Crippen LogP contribution >= 0.6 is 0 Å². The number of nitrogens with one attached hydrogen (secondary N) is 1. The third-order valence-electron chi connectivity index (χ3n) is 5.87. The first-order valence-electron chi connectivity index (χ1n) is 11.3. The minimum Gasteiger partial charge on any atom is -0.493 e. The zero-order chi connectivity index (χ0) is 26.3. The highest BCUT2D eigenvalue weighted by atomic mass is 32.2. The van der Waals surface area contributed by atoms with Crippen LogP contribution in [0.5, 0.6) is 11.5 Å². The van der Waals surface area contributed by atoms with Crippen LogP contribution in [0.15, 0.2) is 53.4 Å². The Bertz CT molecular complexity index is 1200. The van der Waals surface area contributed by atoms with Crippen LogP contribution < -0.4 is 14.8 Å². The predicted molar refractivity (Wildman–Crippen MR) is 129 cm³/mol. The smallest absolute Gasteiger partial charge is 0.326 e.